The summed E-state index contributed by atoms with van der Waals surface area (Å²) in [6.45, 7) is 6.78. The Hall–Kier alpha value is -1.35. The van der Waals surface area contributed by atoms with Gasteiger partial charge in [0.05, 0.1) is 0 Å². The smallest absolute Gasteiger partial charge is 0.253 e. The van der Waals surface area contributed by atoms with E-state index in [9.17, 15) is 4.79 Å². The lowest BCUT2D eigenvalue weighted by Gasteiger charge is -2.39. The van der Waals surface area contributed by atoms with Gasteiger partial charge < -0.3 is 10.6 Å². The fourth-order valence-electron chi connectivity index (χ4n) is 2.62. The van der Waals surface area contributed by atoms with Crippen molar-refractivity contribution in [3.05, 3.63) is 35.4 Å². The van der Waals surface area contributed by atoms with Crippen molar-refractivity contribution < 1.29 is 4.79 Å². The molecule has 0 spiro atoms. The van der Waals surface area contributed by atoms with Crippen molar-refractivity contribution in [1.82, 2.24) is 4.90 Å². The van der Waals surface area contributed by atoms with Crippen LogP contribution in [0.15, 0.2) is 24.3 Å². The molecule has 2 N–H and O–H groups in total. The lowest BCUT2D eigenvalue weighted by molar-refractivity contribution is 0.0600. The van der Waals surface area contributed by atoms with Gasteiger partial charge in [0, 0.05) is 25.2 Å². The monoisotopic (exact) mass is 260 g/mol. The van der Waals surface area contributed by atoms with Gasteiger partial charge in [-0.05, 0) is 36.0 Å². The van der Waals surface area contributed by atoms with E-state index in [0.717, 1.165) is 37.1 Å². The van der Waals surface area contributed by atoms with Crippen LogP contribution in [0.5, 0.6) is 0 Å². The molecule has 3 nitrogen and oxygen atoms in total. The van der Waals surface area contributed by atoms with Crippen molar-refractivity contribution >= 4 is 5.91 Å². The van der Waals surface area contributed by atoms with Gasteiger partial charge in [0.1, 0.15) is 0 Å². The van der Waals surface area contributed by atoms with Crippen LogP contribution < -0.4 is 5.73 Å². The van der Waals surface area contributed by atoms with Crippen LogP contribution in [0.4, 0.5) is 0 Å². The van der Waals surface area contributed by atoms with Crippen LogP contribution in [0.3, 0.4) is 0 Å². The van der Waals surface area contributed by atoms with Crippen LogP contribution in [0, 0.1) is 5.41 Å². The van der Waals surface area contributed by atoms with E-state index in [0.29, 0.717) is 12.0 Å². The second kappa shape index (κ2) is 5.74. The fourth-order valence-corrected chi connectivity index (χ4v) is 2.62. The average molecular weight is 260 g/mol. The number of benzene rings is 1. The third kappa shape index (κ3) is 3.16. The summed E-state index contributed by atoms with van der Waals surface area (Å²) in [6.07, 6.45) is 3.40. The number of nitrogens with two attached hydrogens (primary N) is 1. The molecule has 1 amide bonds. The number of likely N-dealkylation sites (tertiary alicyclic amines) is 1. The third-order valence-electron chi connectivity index (χ3n) is 4.52. The Morgan fingerprint density at radius 3 is 2.63 bits per heavy atom. The van der Waals surface area contributed by atoms with E-state index in [4.69, 9.17) is 5.73 Å². The topological polar surface area (TPSA) is 46.3 Å². The Labute approximate surface area is 115 Å². The summed E-state index contributed by atoms with van der Waals surface area (Å²) in [4.78, 5) is 14.4. The van der Waals surface area contributed by atoms with E-state index >= 15 is 0 Å². The first kappa shape index (κ1) is 14.1. The number of nitrogens with zero attached hydrogens (tertiary/aromatic N) is 1. The van der Waals surface area contributed by atoms with E-state index in [1.165, 1.54) is 6.42 Å². The minimum atomic E-state index is 0.147. The first-order valence-electron chi connectivity index (χ1n) is 7.16. The highest BCUT2D eigenvalue weighted by atomic mass is 16.2. The zero-order chi connectivity index (χ0) is 13.9. The van der Waals surface area contributed by atoms with Gasteiger partial charge >= 0.3 is 0 Å². The molecule has 0 bridgehead atoms. The number of hydrogen-bond acceptors (Lipinski definition) is 2. The molecular weight excluding hydrogens is 236 g/mol. The van der Waals surface area contributed by atoms with Crippen molar-refractivity contribution in [2.45, 2.75) is 39.7 Å². The van der Waals surface area contributed by atoms with Crippen LogP contribution in [0.1, 0.15) is 49.0 Å². The van der Waals surface area contributed by atoms with Crippen LogP contribution in [0.2, 0.25) is 0 Å². The summed E-state index contributed by atoms with van der Waals surface area (Å²) in [5.41, 5.74) is 7.82. The Balaban J connectivity index is 2.05. The van der Waals surface area contributed by atoms with Gasteiger partial charge in [-0.15, -0.1) is 0 Å². The highest BCUT2D eigenvalue weighted by Gasteiger charge is 2.30. The second-order valence-electron chi connectivity index (χ2n) is 5.86. The van der Waals surface area contributed by atoms with E-state index in [1.54, 1.807) is 0 Å². The first-order chi connectivity index (χ1) is 9.08. The SMILES string of the molecule is CCC1(C)CCN(C(=O)c2cccc(CN)c2)CC1. The predicted octanol–water partition coefficient (Wildman–Crippen LogP) is 2.80. The largest absolute Gasteiger partial charge is 0.339 e. The number of carbonyl (C=O) groups is 1. The van der Waals surface area contributed by atoms with E-state index in [-0.39, 0.29) is 5.91 Å². The standard InChI is InChI=1S/C16H24N2O/c1-3-16(2)7-9-18(10-8-16)15(19)14-6-4-5-13(11-14)12-17/h4-6,11H,3,7-10,12,17H2,1-2H3. The average Bonchev–Trinajstić information content (AvgIpc) is 2.47. The number of piperidine rings is 1. The Kier molecular flexibility index (Phi) is 4.25. The molecule has 1 aromatic carbocycles. The summed E-state index contributed by atoms with van der Waals surface area (Å²) in [6, 6.07) is 7.67. The second-order valence-corrected chi connectivity index (χ2v) is 5.86. The molecule has 1 aromatic rings. The van der Waals surface area contributed by atoms with Crippen LogP contribution >= 0.6 is 0 Å². The van der Waals surface area contributed by atoms with E-state index < -0.39 is 0 Å². The molecule has 1 fully saturated rings. The van der Waals surface area contributed by atoms with Gasteiger partial charge in [-0.1, -0.05) is 32.4 Å². The fraction of sp³-hybridized carbons (Fsp3) is 0.562. The lowest BCUT2D eigenvalue weighted by atomic mass is 9.78. The molecule has 1 aliphatic rings. The van der Waals surface area contributed by atoms with Crippen molar-refractivity contribution in [2.75, 3.05) is 13.1 Å². The summed E-state index contributed by atoms with van der Waals surface area (Å²) in [7, 11) is 0. The number of carbonyl (C=O) groups excluding carboxylic acids is 1. The Morgan fingerprint density at radius 1 is 1.37 bits per heavy atom. The van der Waals surface area contributed by atoms with Gasteiger partial charge in [0.2, 0.25) is 0 Å². The molecule has 19 heavy (non-hydrogen) atoms. The van der Waals surface area contributed by atoms with Crippen molar-refractivity contribution in [3.8, 4) is 0 Å². The minimum absolute atomic E-state index is 0.147. The molecule has 2 rings (SSSR count). The quantitative estimate of drug-likeness (QED) is 0.908. The van der Waals surface area contributed by atoms with Gasteiger partial charge in [0.15, 0.2) is 0 Å². The zero-order valence-corrected chi connectivity index (χ0v) is 12.0. The summed E-state index contributed by atoms with van der Waals surface area (Å²) in [5.74, 6) is 0.147. The molecule has 104 valence electrons. The molecule has 3 heteroatoms. The molecule has 1 aliphatic heterocycles. The van der Waals surface area contributed by atoms with Crippen LogP contribution in [-0.4, -0.2) is 23.9 Å². The van der Waals surface area contributed by atoms with Crippen molar-refractivity contribution in [3.63, 3.8) is 0 Å². The zero-order valence-electron chi connectivity index (χ0n) is 12.0. The van der Waals surface area contributed by atoms with Crippen molar-refractivity contribution in [2.24, 2.45) is 11.1 Å². The van der Waals surface area contributed by atoms with E-state index in [1.807, 2.05) is 29.2 Å². The molecule has 0 atom stereocenters. The third-order valence-corrected chi connectivity index (χ3v) is 4.52. The first-order valence-corrected chi connectivity index (χ1v) is 7.16. The van der Waals surface area contributed by atoms with Gasteiger partial charge in [-0.25, -0.2) is 0 Å². The Morgan fingerprint density at radius 2 is 2.05 bits per heavy atom. The molecule has 0 aromatic heterocycles. The number of rotatable bonds is 3. The summed E-state index contributed by atoms with van der Waals surface area (Å²) < 4.78 is 0. The minimum Gasteiger partial charge on any atom is -0.339 e. The maximum Gasteiger partial charge on any atom is 0.253 e. The van der Waals surface area contributed by atoms with Gasteiger partial charge in [-0.2, -0.15) is 0 Å². The van der Waals surface area contributed by atoms with Crippen LogP contribution in [0.25, 0.3) is 0 Å². The molecular formula is C16H24N2O. The Bertz CT molecular complexity index is 448. The number of amides is 1. The van der Waals surface area contributed by atoms with Gasteiger partial charge in [0.25, 0.3) is 5.91 Å². The normalized spacial score (nSPS) is 18.4. The predicted molar refractivity (Wildman–Crippen MR) is 77.9 cm³/mol. The highest BCUT2D eigenvalue weighted by molar-refractivity contribution is 5.94. The molecule has 0 saturated carbocycles. The van der Waals surface area contributed by atoms with Gasteiger partial charge in [-0.3, -0.25) is 4.79 Å². The maximum atomic E-state index is 12.5. The lowest BCUT2D eigenvalue weighted by Crippen LogP contribution is -2.41. The molecule has 1 saturated heterocycles. The summed E-state index contributed by atoms with van der Waals surface area (Å²) >= 11 is 0. The molecule has 0 radical (unpaired) electrons. The molecule has 0 unspecified atom stereocenters. The van der Waals surface area contributed by atoms with E-state index in [2.05, 4.69) is 13.8 Å². The highest BCUT2D eigenvalue weighted by Crippen LogP contribution is 2.34. The van der Waals surface area contributed by atoms with Crippen LogP contribution in [-0.2, 0) is 6.54 Å². The van der Waals surface area contributed by atoms with Crippen molar-refractivity contribution in [1.29, 1.82) is 0 Å². The summed E-state index contributed by atoms with van der Waals surface area (Å²) in [5, 5.41) is 0. The maximum absolute atomic E-state index is 12.5. The molecule has 1 heterocycles. The molecule has 0 aliphatic carbocycles. The number of hydrogen-bond donors (Lipinski definition) is 1.